The van der Waals surface area contributed by atoms with Crippen LogP contribution in [0.25, 0.3) is 33.4 Å². The number of benzene rings is 7. The van der Waals surface area contributed by atoms with Gasteiger partial charge in [-0.15, -0.1) is 0 Å². The second-order valence-corrected chi connectivity index (χ2v) is 20.0. The first kappa shape index (κ1) is 32.8. The minimum absolute atomic E-state index is 0.365. The maximum atomic E-state index is 13.3. The third-order valence-electron chi connectivity index (χ3n) is 12.2. The molecule has 3 aliphatic rings. The Hall–Kier alpha value is -5.79. The van der Waals surface area contributed by atoms with Crippen LogP contribution in [0.15, 0.2) is 193 Å². The van der Waals surface area contributed by atoms with Crippen molar-refractivity contribution in [2.45, 2.75) is 18.8 Å². The van der Waals surface area contributed by atoms with Gasteiger partial charge in [-0.3, -0.25) is 0 Å². The van der Waals surface area contributed by atoms with Crippen molar-refractivity contribution in [2.75, 3.05) is 6.66 Å². The van der Waals surface area contributed by atoms with Crippen molar-refractivity contribution < 1.29 is 9.63 Å². The van der Waals surface area contributed by atoms with E-state index in [-0.39, 0.29) is 0 Å². The monoisotopic (exact) mass is 716 g/mol. The molecular weight excluding hydrogens is 676 g/mol. The summed E-state index contributed by atoms with van der Waals surface area (Å²) in [6.45, 7) is 0.612. The van der Waals surface area contributed by atoms with Crippen molar-refractivity contribution in [2.24, 2.45) is 5.92 Å². The van der Waals surface area contributed by atoms with Gasteiger partial charge < -0.3 is 0 Å². The van der Waals surface area contributed by atoms with Gasteiger partial charge in [0.1, 0.15) is 0 Å². The van der Waals surface area contributed by atoms with Gasteiger partial charge in [-0.25, -0.2) is 0 Å². The predicted octanol–water partition coefficient (Wildman–Crippen LogP) is 12.0. The molecule has 3 heteroatoms. The SMILES string of the molecule is CC1C=CC=C(P(C)(O)(c2ccccc2)c2cccc(-c3cccc(-c4ccc5c(c4)Oc4ccccc4C54c5ccccc5-c5ccccc54)c3)c2)C1. The zero-order valence-corrected chi connectivity index (χ0v) is 31.4. The Labute approximate surface area is 317 Å². The first-order chi connectivity index (χ1) is 26.3. The van der Waals surface area contributed by atoms with Crippen LogP contribution in [-0.4, -0.2) is 11.6 Å². The Kier molecular flexibility index (Phi) is 7.37. The van der Waals surface area contributed by atoms with Crippen LogP contribution in [0.4, 0.5) is 0 Å². The molecule has 2 aliphatic carbocycles. The molecular formula is C51H41O2P. The molecule has 0 fully saturated rings. The number of ether oxygens (including phenoxy) is 1. The summed E-state index contributed by atoms with van der Waals surface area (Å²) in [5.41, 5.74) is 11.4. The summed E-state index contributed by atoms with van der Waals surface area (Å²) in [7, 11) is 0. The predicted molar refractivity (Wildman–Crippen MR) is 226 cm³/mol. The van der Waals surface area contributed by atoms with Gasteiger partial charge in [-0.2, -0.15) is 0 Å². The van der Waals surface area contributed by atoms with E-state index in [2.05, 4.69) is 183 Å². The summed E-state index contributed by atoms with van der Waals surface area (Å²) in [6.07, 6.45) is 7.33. The van der Waals surface area contributed by atoms with E-state index in [4.69, 9.17) is 4.74 Å². The molecule has 0 bridgehead atoms. The van der Waals surface area contributed by atoms with E-state index in [1.165, 1.54) is 27.8 Å². The average Bonchev–Trinajstić information content (AvgIpc) is 3.52. The Morgan fingerprint density at radius 2 is 1.09 bits per heavy atom. The summed E-state index contributed by atoms with van der Waals surface area (Å²) >= 11 is 0. The molecule has 0 amide bonds. The van der Waals surface area contributed by atoms with Gasteiger partial charge in [-0.1, -0.05) is 66.7 Å². The summed E-state index contributed by atoms with van der Waals surface area (Å²) < 4.78 is 6.81. The minimum atomic E-state index is -3.72. The van der Waals surface area contributed by atoms with Crippen LogP contribution >= 0.6 is 6.83 Å². The topological polar surface area (TPSA) is 29.5 Å². The van der Waals surface area contributed by atoms with E-state index in [0.717, 1.165) is 61.7 Å². The molecule has 262 valence electrons. The summed E-state index contributed by atoms with van der Waals surface area (Å²) in [5, 5.41) is 3.09. The van der Waals surface area contributed by atoms with Crippen LogP contribution in [-0.2, 0) is 5.41 Å². The maximum absolute atomic E-state index is 13.3. The van der Waals surface area contributed by atoms with E-state index in [9.17, 15) is 4.89 Å². The molecule has 10 rings (SSSR count). The van der Waals surface area contributed by atoms with Crippen LogP contribution in [0.1, 0.15) is 35.6 Å². The fourth-order valence-electron chi connectivity index (χ4n) is 9.45. The van der Waals surface area contributed by atoms with E-state index in [0.29, 0.717) is 5.92 Å². The quantitative estimate of drug-likeness (QED) is 0.180. The Balaban J connectivity index is 1.09. The van der Waals surface area contributed by atoms with Gasteiger partial charge in [-0.05, 0) is 11.1 Å². The fraction of sp³-hybridized carbons (Fsp3) is 0.0980. The molecule has 0 aromatic heterocycles. The zero-order chi connectivity index (χ0) is 36.5. The molecule has 54 heavy (non-hydrogen) atoms. The van der Waals surface area contributed by atoms with Crippen molar-refractivity contribution in [3.05, 3.63) is 216 Å². The van der Waals surface area contributed by atoms with Gasteiger partial charge in [0.15, 0.2) is 0 Å². The summed E-state index contributed by atoms with van der Waals surface area (Å²) in [6, 6.07) is 60.6. The Morgan fingerprint density at radius 1 is 0.537 bits per heavy atom. The standard InChI is InChI=1S/C51H41O2P/c1-35-15-12-21-41(31-35)54(2,52,40-19-4-3-5-20-40)42-22-14-18-38(33-42)36-16-13-17-37(32-36)39-29-30-48-50(34-39)53-49-28-11-10-27-47(49)51(48)45-25-8-6-23-43(45)44-24-7-9-26-46(44)51/h3-30,32-35,52H,31H2,1-2H3. The Morgan fingerprint density at radius 3 is 1.80 bits per heavy atom. The van der Waals surface area contributed by atoms with Crippen LogP contribution < -0.4 is 15.3 Å². The molecule has 1 unspecified atom stereocenters. The second-order valence-electron chi connectivity index (χ2n) is 15.3. The first-order valence-electron chi connectivity index (χ1n) is 18.9. The molecule has 0 saturated heterocycles. The number of rotatable bonds is 5. The molecule has 0 radical (unpaired) electrons. The summed E-state index contributed by atoms with van der Waals surface area (Å²) in [5.74, 6) is 2.13. The van der Waals surface area contributed by atoms with Crippen molar-refractivity contribution in [3.63, 3.8) is 0 Å². The average molecular weight is 717 g/mol. The van der Waals surface area contributed by atoms with E-state index >= 15 is 0 Å². The molecule has 1 spiro atoms. The number of para-hydroxylation sites is 1. The number of hydrogen-bond acceptors (Lipinski definition) is 2. The summed E-state index contributed by atoms with van der Waals surface area (Å²) in [4.78, 5) is 13.3. The van der Waals surface area contributed by atoms with E-state index in [1.54, 1.807) is 0 Å². The molecule has 1 N–H and O–H groups in total. The molecule has 7 aromatic rings. The van der Waals surface area contributed by atoms with E-state index < -0.39 is 12.2 Å². The fourth-order valence-corrected chi connectivity index (χ4v) is 13.4. The zero-order valence-electron chi connectivity index (χ0n) is 30.5. The van der Waals surface area contributed by atoms with Gasteiger partial charge in [0, 0.05) is 0 Å². The van der Waals surface area contributed by atoms with Crippen LogP contribution in [0.2, 0.25) is 0 Å². The number of hydrogen-bond donors (Lipinski definition) is 1. The van der Waals surface area contributed by atoms with Crippen molar-refractivity contribution in [1.29, 1.82) is 0 Å². The molecule has 1 heterocycles. The van der Waals surface area contributed by atoms with Crippen molar-refractivity contribution in [1.82, 2.24) is 0 Å². The molecule has 7 aromatic carbocycles. The Bertz CT molecular complexity index is 2640. The van der Waals surface area contributed by atoms with Crippen LogP contribution in [0.3, 0.4) is 0 Å². The molecule has 1 aliphatic heterocycles. The molecule has 2 nitrogen and oxygen atoms in total. The first-order valence-corrected chi connectivity index (χ1v) is 21.5. The van der Waals surface area contributed by atoms with E-state index in [1.807, 2.05) is 18.2 Å². The normalized spacial score (nSPS) is 16.9. The number of allylic oxidation sites excluding steroid dienone is 4. The van der Waals surface area contributed by atoms with Gasteiger partial charge in [0.2, 0.25) is 0 Å². The van der Waals surface area contributed by atoms with Crippen molar-refractivity contribution >= 4 is 17.4 Å². The number of fused-ring (bicyclic) bond motifs is 9. The van der Waals surface area contributed by atoms with Crippen LogP contribution in [0, 0.1) is 5.92 Å². The van der Waals surface area contributed by atoms with Crippen molar-refractivity contribution in [3.8, 4) is 44.9 Å². The van der Waals surface area contributed by atoms with Gasteiger partial charge in [0.25, 0.3) is 0 Å². The third kappa shape index (κ3) is 4.67. The van der Waals surface area contributed by atoms with Gasteiger partial charge in [0.05, 0.1) is 0 Å². The third-order valence-corrected chi connectivity index (χ3v) is 17.0. The molecule has 0 saturated carbocycles. The van der Waals surface area contributed by atoms with Gasteiger partial charge >= 0.3 is 241 Å². The molecule has 1 atom stereocenters. The van der Waals surface area contributed by atoms with Crippen LogP contribution in [0.5, 0.6) is 11.5 Å². The second kappa shape index (κ2) is 12.1.